The quantitative estimate of drug-likeness (QED) is 0.773. The van der Waals surface area contributed by atoms with E-state index in [1.54, 1.807) is 29.0 Å². The zero-order valence-corrected chi connectivity index (χ0v) is 12.2. The summed E-state index contributed by atoms with van der Waals surface area (Å²) in [6, 6.07) is 7.69. The van der Waals surface area contributed by atoms with Crippen LogP contribution in [0.3, 0.4) is 0 Å². The number of hydrogen-bond acceptors (Lipinski definition) is 4. The minimum Gasteiger partial charge on any atom is -0.476 e. The molecule has 0 atom stereocenters. The first-order chi connectivity index (χ1) is 11.0. The van der Waals surface area contributed by atoms with Crippen LogP contribution in [0.2, 0.25) is 0 Å². The van der Waals surface area contributed by atoms with Crippen molar-refractivity contribution in [3.05, 3.63) is 66.1 Å². The van der Waals surface area contributed by atoms with Gasteiger partial charge in [-0.05, 0) is 36.8 Å². The number of carboxylic acids is 1. The Morgan fingerprint density at radius 1 is 1.26 bits per heavy atom. The summed E-state index contributed by atoms with van der Waals surface area (Å²) >= 11 is 0. The number of nitrogens with one attached hydrogen (secondary N) is 1. The number of anilines is 2. The number of carboxylic acid groups (broad SMARTS) is 1. The van der Waals surface area contributed by atoms with Crippen molar-refractivity contribution in [1.29, 1.82) is 0 Å². The smallest absolute Gasteiger partial charge is 0.356 e. The van der Waals surface area contributed by atoms with E-state index in [0.717, 1.165) is 11.3 Å². The molecule has 2 N–H and O–H groups in total. The van der Waals surface area contributed by atoms with Gasteiger partial charge < -0.3 is 15.0 Å². The lowest BCUT2D eigenvalue weighted by Gasteiger charge is -2.10. The Balaban J connectivity index is 1.92. The largest absolute Gasteiger partial charge is 0.476 e. The third kappa shape index (κ3) is 3.18. The van der Waals surface area contributed by atoms with Gasteiger partial charge in [-0.3, -0.25) is 0 Å². The molecule has 3 aromatic rings. The van der Waals surface area contributed by atoms with Gasteiger partial charge in [0, 0.05) is 24.1 Å². The van der Waals surface area contributed by atoms with Crippen LogP contribution in [0.25, 0.3) is 5.69 Å². The summed E-state index contributed by atoms with van der Waals surface area (Å²) in [6.07, 6.45) is 4.54. The zero-order chi connectivity index (χ0) is 16.4. The van der Waals surface area contributed by atoms with Gasteiger partial charge >= 0.3 is 5.97 Å². The Labute approximate surface area is 131 Å². The Kier molecular flexibility index (Phi) is 3.76. The second kappa shape index (κ2) is 5.88. The molecule has 0 aliphatic rings. The van der Waals surface area contributed by atoms with Gasteiger partial charge in [0.15, 0.2) is 5.69 Å². The molecule has 0 spiro atoms. The molecule has 0 bridgehead atoms. The van der Waals surface area contributed by atoms with E-state index in [0.29, 0.717) is 11.5 Å². The highest BCUT2D eigenvalue weighted by Gasteiger charge is 2.10. The van der Waals surface area contributed by atoms with E-state index < -0.39 is 5.97 Å². The van der Waals surface area contributed by atoms with Crippen LogP contribution < -0.4 is 5.32 Å². The van der Waals surface area contributed by atoms with Crippen molar-refractivity contribution < 1.29 is 14.3 Å². The van der Waals surface area contributed by atoms with Crippen molar-refractivity contribution in [3.63, 3.8) is 0 Å². The maximum Gasteiger partial charge on any atom is 0.356 e. The topological polar surface area (TPSA) is 80.0 Å². The molecule has 6 nitrogen and oxygen atoms in total. The summed E-state index contributed by atoms with van der Waals surface area (Å²) in [5, 5.41) is 12.0. The second-order valence-corrected chi connectivity index (χ2v) is 4.96. The van der Waals surface area contributed by atoms with E-state index in [4.69, 9.17) is 5.11 Å². The standard InChI is InChI=1S/C16H13FN4O2/c1-10-7-18-15(20-12-4-2-11(17)3-5-12)6-14(10)21-8-13(16(22)23)19-9-21/h2-9H,1H3,(H,18,20)(H,22,23). The Morgan fingerprint density at radius 2 is 2.00 bits per heavy atom. The normalized spacial score (nSPS) is 10.5. The molecule has 0 unspecified atom stereocenters. The number of aromatic nitrogens is 3. The van der Waals surface area contributed by atoms with Crippen LogP contribution in [0.15, 0.2) is 49.1 Å². The highest BCUT2D eigenvalue weighted by atomic mass is 19.1. The lowest BCUT2D eigenvalue weighted by Crippen LogP contribution is -2.00. The lowest BCUT2D eigenvalue weighted by molar-refractivity contribution is 0.0691. The fourth-order valence-electron chi connectivity index (χ4n) is 2.11. The summed E-state index contributed by atoms with van der Waals surface area (Å²) in [5.41, 5.74) is 2.29. The number of nitrogens with zero attached hydrogens (tertiary/aromatic N) is 3. The van der Waals surface area contributed by atoms with E-state index in [-0.39, 0.29) is 11.5 Å². The Bertz CT molecular complexity index is 859. The predicted octanol–water partition coefficient (Wildman–Crippen LogP) is 3.16. The third-order valence-corrected chi connectivity index (χ3v) is 3.27. The van der Waals surface area contributed by atoms with Crippen molar-refractivity contribution in [2.75, 3.05) is 5.32 Å². The average molecular weight is 312 g/mol. The second-order valence-electron chi connectivity index (χ2n) is 4.96. The van der Waals surface area contributed by atoms with Crippen LogP contribution in [0.1, 0.15) is 16.1 Å². The number of hydrogen-bond donors (Lipinski definition) is 2. The SMILES string of the molecule is Cc1cnc(Nc2ccc(F)cc2)cc1-n1cnc(C(=O)O)c1. The van der Waals surface area contributed by atoms with Crippen LogP contribution >= 0.6 is 0 Å². The monoisotopic (exact) mass is 312 g/mol. The van der Waals surface area contributed by atoms with Crippen molar-refractivity contribution in [2.24, 2.45) is 0 Å². The fraction of sp³-hybridized carbons (Fsp3) is 0.0625. The minimum atomic E-state index is -1.08. The van der Waals surface area contributed by atoms with Gasteiger partial charge in [-0.1, -0.05) is 0 Å². The summed E-state index contributed by atoms with van der Waals surface area (Å²) in [7, 11) is 0. The summed E-state index contributed by atoms with van der Waals surface area (Å²) in [4.78, 5) is 19.0. The van der Waals surface area contributed by atoms with Crippen LogP contribution in [-0.4, -0.2) is 25.6 Å². The molecule has 0 amide bonds. The number of rotatable bonds is 4. The van der Waals surface area contributed by atoms with Gasteiger partial charge in [-0.25, -0.2) is 19.2 Å². The van der Waals surface area contributed by atoms with Gasteiger partial charge in [0.2, 0.25) is 0 Å². The van der Waals surface area contributed by atoms with E-state index in [2.05, 4.69) is 15.3 Å². The first-order valence-electron chi connectivity index (χ1n) is 6.80. The molecule has 2 aromatic heterocycles. The van der Waals surface area contributed by atoms with Crippen molar-refractivity contribution in [2.45, 2.75) is 6.92 Å². The molecule has 0 saturated carbocycles. The molecule has 3 rings (SSSR count). The average Bonchev–Trinajstić information content (AvgIpc) is 3.01. The van der Waals surface area contributed by atoms with Gasteiger partial charge in [-0.15, -0.1) is 0 Å². The molecule has 0 radical (unpaired) electrons. The lowest BCUT2D eigenvalue weighted by atomic mass is 10.2. The van der Waals surface area contributed by atoms with Crippen molar-refractivity contribution in [1.82, 2.24) is 14.5 Å². The van der Waals surface area contributed by atoms with E-state index in [1.807, 2.05) is 6.92 Å². The summed E-state index contributed by atoms with van der Waals surface area (Å²) in [5.74, 6) is -0.837. The third-order valence-electron chi connectivity index (χ3n) is 3.27. The summed E-state index contributed by atoms with van der Waals surface area (Å²) < 4.78 is 14.6. The molecule has 7 heteroatoms. The van der Waals surface area contributed by atoms with Crippen LogP contribution in [0.5, 0.6) is 0 Å². The molecule has 0 aliphatic carbocycles. The molecule has 23 heavy (non-hydrogen) atoms. The fourth-order valence-corrected chi connectivity index (χ4v) is 2.11. The van der Waals surface area contributed by atoms with Crippen molar-refractivity contribution >= 4 is 17.5 Å². The highest BCUT2D eigenvalue weighted by Crippen LogP contribution is 2.20. The van der Waals surface area contributed by atoms with Gasteiger partial charge in [-0.2, -0.15) is 0 Å². The molecule has 0 fully saturated rings. The number of benzene rings is 1. The number of imidazole rings is 1. The maximum atomic E-state index is 12.9. The highest BCUT2D eigenvalue weighted by molar-refractivity contribution is 5.85. The number of halogens is 1. The maximum absolute atomic E-state index is 12.9. The Morgan fingerprint density at radius 3 is 2.65 bits per heavy atom. The van der Waals surface area contributed by atoms with Gasteiger partial charge in [0.25, 0.3) is 0 Å². The Hall–Kier alpha value is -3.22. The van der Waals surface area contributed by atoms with Gasteiger partial charge in [0.05, 0.1) is 5.69 Å². The van der Waals surface area contributed by atoms with E-state index >= 15 is 0 Å². The molecule has 0 aliphatic heterocycles. The molecular formula is C16H13FN4O2. The summed E-state index contributed by atoms with van der Waals surface area (Å²) in [6.45, 7) is 1.87. The molecule has 1 aromatic carbocycles. The molecule has 116 valence electrons. The van der Waals surface area contributed by atoms with E-state index in [9.17, 15) is 9.18 Å². The zero-order valence-electron chi connectivity index (χ0n) is 12.2. The number of pyridine rings is 1. The van der Waals surface area contributed by atoms with Crippen molar-refractivity contribution in [3.8, 4) is 5.69 Å². The number of aromatic carboxylic acids is 1. The number of aryl methyl sites for hydroxylation is 1. The number of carbonyl (C=O) groups is 1. The minimum absolute atomic E-state index is 0.0331. The van der Waals surface area contributed by atoms with Gasteiger partial charge in [0.1, 0.15) is 18.0 Å². The molecule has 0 saturated heterocycles. The van der Waals surface area contributed by atoms with Crippen LogP contribution in [-0.2, 0) is 0 Å². The van der Waals surface area contributed by atoms with E-state index in [1.165, 1.54) is 24.7 Å². The first-order valence-corrected chi connectivity index (χ1v) is 6.80. The predicted molar refractivity (Wildman–Crippen MR) is 82.7 cm³/mol. The van der Waals surface area contributed by atoms with Crippen LogP contribution in [0, 0.1) is 12.7 Å². The molecular weight excluding hydrogens is 299 g/mol. The first kappa shape index (κ1) is 14.7. The van der Waals surface area contributed by atoms with Crippen LogP contribution in [0.4, 0.5) is 15.9 Å². The molecule has 2 heterocycles.